The smallest absolute Gasteiger partial charge is 0.352 e. The van der Waals surface area contributed by atoms with Crippen molar-refractivity contribution in [2.75, 3.05) is 90.3 Å². The van der Waals surface area contributed by atoms with Crippen LogP contribution in [0.25, 0.3) is 32.8 Å². The quantitative estimate of drug-likeness (QED) is 0.0520. The van der Waals surface area contributed by atoms with Gasteiger partial charge in [-0.25, -0.2) is 9.59 Å². The number of nitrogens with one attached hydrogen (secondary N) is 2. The van der Waals surface area contributed by atoms with E-state index in [0.717, 1.165) is 86.2 Å². The van der Waals surface area contributed by atoms with Crippen LogP contribution in [0, 0.1) is 6.92 Å². The topological polar surface area (TPSA) is 187 Å². The Kier molecular flexibility index (Phi) is 16.1. The molecule has 4 fully saturated rings. The maximum atomic E-state index is 13.7. The van der Waals surface area contributed by atoms with Crippen molar-refractivity contribution in [3.05, 3.63) is 108 Å². The summed E-state index contributed by atoms with van der Waals surface area (Å²) in [6.07, 6.45) is 4.32. The molecule has 0 radical (unpaired) electrons. The number of benzene rings is 4. The van der Waals surface area contributed by atoms with E-state index in [1.807, 2.05) is 101 Å². The van der Waals surface area contributed by atoms with Crippen LogP contribution in [0.15, 0.2) is 84.9 Å². The molecule has 0 bridgehead atoms. The van der Waals surface area contributed by atoms with Crippen LogP contribution in [0.2, 0.25) is 0 Å². The highest BCUT2D eigenvalue weighted by Gasteiger charge is 2.42. The van der Waals surface area contributed by atoms with Gasteiger partial charge in [0.2, 0.25) is 5.91 Å². The number of ether oxygens (including phenoxy) is 2. The number of carboxylic acids is 1. The maximum absolute atomic E-state index is 13.7. The van der Waals surface area contributed by atoms with Crippen LogP contribution in [0.4, 0.5) is 10.5 Å². The Morgan fingerprint density at radius 2 is 1.58 bits per heavy atom. The van der Waals surface area contributed by atoms with Crippen LogP contribution in [-0.4, -0.2) is 167 Å². The van der Waals surface area contributed by atoms with Gasteiger partial charge in [0.25, 0.3) is 10.2 Å². The van der Waals surface area contributed by atoms with Gasteiger partial charge < -0.3 is 39.6 Å². The number of hydrogen-bond donors (Lipinski definition) is 3. The number of hydrogen-bond acceptors (Lipinski definition) is 11. The molecule has 0 saturated carbocycles. The largest absolute Gasteiger partial charge is 0.493 e. The third kappa shape index (κ3) is 11.2. The molecule has 4 aliphatic heterocycles. The Hall–Kier alpha value is -6.32. The highest BCUT2D eigenvalue weighted by molar-refractivity contribution is 8.00. The van der Waals surface area contributed by atoms with E-state index < -0.39 is 16.2 Å². The number of amides is 3. The van der Waals surface area contributed by atoms with Gasteiger partial charge in [0.1, 0.15) is 23.8 Å². The van der Waals surface area contributed by atoms with Crippen LogP contribution in [-0.2, 0) is 41.6 Å². The lowest BCUT2D eigenvalue weighted by Crippen LogP contribution is -2.51. The molecule has 404 valence electrons. The summed E-state index contributed by atoms with van der Waals surface area (Å²) in [6.45, 7) is 8.17. The Balaban J connectivity index is 0.851. The van der Waals surface area contributed by atoms with Gasteiger partial charge in [-0.1, -0.05) is 61.0 Å². The Morgan fingerprint density at radius 1 is 0.842 bits per heavy atom. The Labute approximate surface area is 449 Å². The molecular weight excluding hydrogens is 1000 g/mol. The first-order valence-electron chi connectivity index (χ1n) is 26.6. The zero-order chi connectivity index (χ0) is 53.1. The minimum atomic E-state index is -3.47. The number of anilines is 1. The zero-order valence-corrected chi connectivity index (χ0v) is 45.6. The number of unbranched alkanes of at least 4 members (excludes halogenated alkanes) is 1. The Bertz CT molecular complexity index is 3180. The average molecular weight is 1080 g/mol. The summed E-state index contributed by atoms with van der Waals surface area (Å²) in [5.41, 5.74) is 6.23. The SMILES string of the molecule is Cc1nn(C)c(COc2ccc(N3CCN(S(=O)(=O)N(C)C)CC3)cc2)c1-c1cccc2c(CCCOc3cccc4ccccc34)c(C(=O)O)n(CCN3CCN(C(=O)CCCC[C@@H]4SC[C@@H]5NC(=O)N[C@@H]54)CC3)c12. The second-order valence-electron chi connectivity index (χ2n) is 20.5. The first-order chi connectivity index (χ1) is 36.7. The first-order valence-corrected chi connectivity index (χ1v) is 29.0. The molecule has 6 heterocycles. The van der Waals surface area contributed by atoms with E-state index in [2.05, 4.69) is 44.7 Å². The third-order valence-corrected chi connectivity index (χ3v) is 19.1. The van der Waals surface area contributed by atoms with Gasteiger partial charge in [0, 0.05) is 132 Å². The molecule has 0 spiro atoms. The molecule has 3 amide bonds. The van der Waals surface area contributed by atoms with Crippen molar-refractivity contribution in [3.63, 3.8) is 0 Å². The summed E-state index contributed by atoms with van der Waals surface area (Å²) in [7, 11) is 1.54. The second-order valence-corrected chi connectivity index (χ2v) is 23.9. The van der Waals surface area contributed by atoms with Crippen molar-refractivity contribution in [1.29, 1.82) is 0 Å². The lowest BCUT2D eigenvalue weighted by molar-refractivity contribution is -0.133. The van der Waals surface area contributed by atoms with E-state index >= 15 is 0 Å². The van der Waals surface area contributed by atoms with Crippen molar-refractivity contribution in [1.82, 2.24) is 43.4 Å². The number of aromatic carboxylic acids is 1. The lowest BCUT2D eigenvalue weighted by Gasteiger charge is -2.36. The van der Waals surface area contributed by atoms with E-state index in [0.29, 0.717) is 102 Å². The van der Waals surface area contributed by atoms with Crippen molar-refractivity contribution in [2.45, 2.75) is 75.9 Å². The van der Waals surface area contributed by atoms with Crippen LogP contribution in [0.1, 0.15) is 59.5 Å². The number of piperazine rings is 2. The van der Waals surface area contributed by atoms with Gasteiger partial charge in [0.05, 0.1) is 35.6 Å². The zero-order valence-electron chi connectivity index (χ0n) is 43.9. The number of para-hydroxylation sites is 1. The fourth-order valence-electron chi connectivity index (χ4n) is 11.6. The molecular formula is C56H70N10O8S2. The third-order valence-electron chi connectivity index (χ3n) is 15.6. The first kappa shape index (κ1) is 53.1. The highest BCUT2D eigenvalue weighted by atomic mass is 32.2. The summed E-state index contributed by atoms with van der Waals surface area (Å²) in [5.74, 6) is 1.57. The van der Waals surface area contributed by atoms with Crippen molar-refractivity contribution >= 4 is 67.2 Å². The molecule has 3 atom stereocenters. The van der Waals surface area contributed by atoms with Crippen LogP contribution < -0.4 is 25.0 Å². The average Bonchev–Trinajstić information content (AvgIpc) is 4.22. The number of thioether (sulfide) groups is 1. The van der Waals surface area contributed by atoms with E-state index in [1.165, 1.54) is 8.61 Å². The molecule has 6 aromatic rings. The number of aryl methyl sites for hydroxylation is 3. The lowest BCUT2D eigenvalue weighted by atomic mass is 9.98. The summed E-state index contributed by atoms with van der Waals surface area (Å²) in [5, 5.41) is 25.5. The molecule has 76 heavy (non-hydrogen) atoms. The molecule has 18 nitrogen and oxygen atoms in total. The number of rotatable bonds is 21. The van der Waals surface area contributed by atoms with Crippen LogP contribution in [0.3, 0.4) is 0 Å². The highest BCUT2D eigenvalue weighted by Crippen LogP contribution is 2.39. The van der Waals surface area contributed by atoms with E-state index in [-0.39, 0.29) is 36.3 Å². The number of urea groups is 1. The minimum absolute atomic E-state index is 0.0777. The molecule has 4 aliphatic rings. The van der Waals surface area contributed by atoms with Gasteiger partial charge in [-0.2, -0.15) is 33.9 Å². The van der Waals surface area contributed by atoms with Gasteiger partial charge >= 0.3 is 12.0 Å². The van der Waals surface area contributed by atoms with E-state index in [9.17, 15) is 27.9 Å². The molecule has 4 saturated heterocycles. The van der Waals surface area contributed by atoms with Crippen molar-refractivity contribution in [2.24, 2.45) is 7.05 Å². The van der Waals surface area contributed by atoms with Crippen molar-refractivity contribution < 1.29 is 37.4 Å². The van der Waals surface area contributed by atoms with Crippen LogP contribution in [0.5, 0.6) is 11.5 Å². The fourth-order valence-corrected chi connectivity index (χ4v) is 14.2. The second kappa shape index (κ2) is 23.1. The molecule has 0 aliphatic carbocycles. The van der Waals surface area contributed by atoms with E-state index in [4.69, 9.17) is 14.6 Å². The number of fused-ring (bicyclic) bond motifs is 3. The molecule has 4 aromatic carbocycles. The van der Waals surface area contributed by atoms with Gasteiger partial charge in [0.15, 0.2) is 0 Å². The summed E-state index contributed by atoms with van der Waals surface area (Å²) in [6, 6.07) is 28.4. The molecule has 2 aromatic heterocycles. The molecule has 3 N–H and O–H groups in total. The van der Waals surface area contributed by atoms with Crippen LogP contribution >= 0.6 is 11.8 Å². The number of nitrogens with zero attached hydrogens (tertiary/aromatic N) is 8. The number of aromatic nitrogens is 3. The summed E-state index contributed by atoms with van der Waals surface area (Å²) < 4.78 is 44.9. The number of carbonyl (C=O) groups excluding carboxylic acids is 2. The molecule has 0 unspecified atom stereocenters. The van der Waals surface area contributed by atoms with Gasteiger partial charge in [-0.05, 0) is 73.9 Å². The molecule has 20 heteroatoms. The minimum Gasteiger partial charge on any atom is -0.493 e. The maximum Gasteiger partial charge on any atom is 0.352 e. The fraction of sp³-hybridized carbons (Fsp3) is 0.464. The molecule has 10 rings (SSSR count). The normalized spacial score (nSPS) is 19.4. The van der Waals surface area contributed by atoms with Gasteiger partial charge in [-0.15, -0.1) is 0 Å². The Morgan fingerprint density at radius 3 is 2.34 bits per heavy atom. The number of carbonyl (C=O) groups is 3. The number of carboxylic acid groups (broad SMARTS) is 1. The predicted octanol–water partition coefficient (Wildman–Crippen LogP) is 6.59. The standard InChI is InChI=1S/C56H70N10O8S2/c1-38-51(47(61(4)59-38)36-74-41-23-21-40(22-24-41)63-30-32-65(33-31-63)76(71,72)60(2)3)45-16-10-15-43-44(17-11-35-73-48-18-9-13-39-12-5-6-14-42(39)48)54(55(68)69)66(53(43)45)34-27-62-25-28-64(29-26-62)50(67)20-8-7-19-49-52-46(37-75-49)57-56(70)58-52/h5-6,9-10,12-16,18,21-24,46,49,52H,7-8,11,17,19-20,25-37H2,1-4H3,(H,68,69)(H2,57,58,70)/t46-,49-,52-/m0/s1. The summed E-state index contributed by atoms with van der Waals surface area (Å²) in [4.78, 5) is 45.4. The van der Waals surface area contributed by atoms with E-state index in [1.54, 1.807) is 14.1 Å². The van der Waals surface area contributed by atoms with Crippen molar-refractivity contribution in [3.8, 4) is 22.6 Å². The monoisotopic (exact) mass is 1070 g/mol. The predicted molar refractivity (Wildman–Crippen MR) is 298 cm³/mol. The summed E-state index contributed by atoms with van der Waals surface area (Å²) >= 11 is 1.90. The van der Waals surface area contributed by atoms with Gasteiger partial charge in [-0.3, -0.25) is 14.4 Å².